The van der Waals surface area contributed by atoms with Crippen molar-refractivity contribution in [1.29, 1.82) is 0 Å². The van der Waals surface area contributed by atoms with Crippen LogP contribution in [0.3, 0.4) is 0 Å². The number of hydrogen-bond acceptors (Lipinski definition) is 4. The van der Waals surface area contributed by atoms with Crippen LogP contribution in [0.5, 0.6) is 5.75 Å². The average Bonchev–Trinajstić information content (AvgIpc) is 3.13. The van der Waals surface area contributed by atoms with Gasteiger partial charge in [0, 0.05) is 4.88 Å². The average molecular weight is 421 g/mol. The van der Waals surface area contributed by atoms with Crippen LogP contribution in [0.2, 0.25) is 0 Å². The van der Waals surface area contributed by atoms with Crippen LogP contribution in [-0.4, -0.2) is 17.9 Å². The molecular weight excluding hydrogens is 396 g/mol. The summed E-state index contributed by atoms with van der Waals surface area (Å²) in [5.41, 5.74) is 9.27. The van der Waals surface area contributed by atoms with E-state index in [2.05, 4.69) is 5.32 Å². The van der Waals surface area contributed by atoms with Crippen LogP contribution in [0.15, 0.2) is 54.6 Å². The van der Waals surface area contributed by atoms with Gasteiger partial charge in [0.2, 0.25) is 0 Å². The van der Waals surface area contributed by atoms with Crippen molar-refractivity contribution in [2.45, 2.75) is 38.7 Å². The lowest BCUT2D eigenvalue weighted by molar-refractivity contribution is -0.122. The van der Waals surface area contributed by atoms with Crippen molar-refractivity contribution < 1.29 is 14.3 Å². The molecule has 1 unspecified atom stereocenters. The number of thiophene rings is 1. The smallest absolute Gasteiger partial charge is 0.265 e. The summed E-state index contributed by atoms with van der Waals surface area (Å²) in [4.78, 5) is 25.9. The van der Waals surface area contributed by atoms with Crippen LogP contribution in [0.25, 0.3) is 11.1 Å². The van der Waals surface area contributed by atoms with Gasteiger partial charge < -0.3 is 15.8 Å². The molecule has 154 valence electrons. The molecule has 0 radical (unpaired) electrons. The first kappa shape index (κ1) is 20.2. The highest BCUT2D eigenvalue weighted by Gasteiger charge is 2.26. The number of nitrogens with two attached hydrogens (primary N) is 1. The van der Waals surface area contributed by atoms with Crippen LogP contribution in [0, 0.1) is 0 Å². The Hall–Kier alpha value is -3.12. The highest BCUT2D eigenvalue weighted by atomic mass is 32.1. The second-order valence-electron chi connectivity index (χ2n) is 7.42. The lowest BCUT2D eigenvalue weighted by Crippen LogP contribution is -2.30. The monoisotopic (exact) mass is 420 g/mol. The van der Waals surface area contributed by atoms with Crippen molar-refractivity contribution in [2.24, 2.45) is 5.73 Å². The topological polar surface area (TPSA) is 81.4 Å². The highest BCUT2D eigenvalue weighted by Crippen LogP contribution is 2.38. The Balaban J connectivity index is 1.45. The van der Waals surface area contributed by atoms with E-state index < -0.39 is 12.0 Å². The number of fused-ring (bicyclic) bond motifs is 1. The first-order chi connectivity index (χ1) is 14.5. The first-order valence-corrected chi connectivity index (χ1v) is 10.9. The maximum Gasteiger partial charge on any atom is 0.265 e. The summed E-state index contributed by atoms with van der Waals surface area (Å²) in [6, 6.07) is 17.7. The number of amides is 2. The van der Waals surface area contributed by atoms with E-state index in [0.29, 0.717) is 16.3 Å². The van der Waals surface area contributed by atoms with Crippen LogP contribution in [-0.2, 0) is 17.6 Å². The third-order valence-corrected chi connectivity index (χ3v) is 6.51. The summed E-state index contributed by atoms with van der Waals surface area (Å²) in [5.74, 6) is -0.184. The summed E-state index contributed by atoms with van der Waals surface area (Å²) in [6.07, 6.45) is 3.18. The quantitative estimate of drug-likeness (QED) is 0.601. The maximum atomic E-state index is 12.7. The second-order valence-corrected chi connectivity index (χ2v) is 8.52. The summed E-state index contributed by atoms with van der Waals surface area (Å²) in [6.45, 7) is 1.69. The molecule has 1 atom stereocenters. The standard InChI is InChI=1S/C24H24N2O3S/c1-15(29-18-13-11-17(12-14-18)16-7-3-2-4-8-16)23(28)26-24-21(22(25)27)19-9-5-6-10-20(19)30-24/h2-4,7-8,11-15H,5-6,9-10H2,1H3,(H2,25,27)(H,26,28). The Labute approximate surface area is 179 Å². The third kappa shape index (κ3) is 4.24. The van der Waals surface area contributed by atoms with E-state index >= 15 is 0 Å². The van der Waals surface area contributed by atoms with Crippen molar-refractivity contribution in [1.82, 2.24) is 0 Å². The first-order valence-electron chi connectivity index (χ1n) is 10.1. The van der Waals surface area contributed by atoms with Gasteiger partial charge in [0.15, 0.2) is 6.10 Å². The second kappa shape index (κ2) is 8.71. The SMILES string of the molecule is CC(Oc1ccc(-c2ccccc2)cc1)C(=O)Nc1sc2c(c1C(N)=O)CCCC2. The molecule has 0 saturated carbocycles. The molecule has 1 aliphatic rings. The Morgan fingerprint density at radius 1 is 1.00 bits per heavy atom. The van der Waals surface area contributed by atoms with Gasteiger partial charge >= 0.3 is 0 Å². The van der Waals surface area contributed by atoms with Gasteiger partial charge in [-0.1, -0.05) is 42.5 Å². The third-order valence-electron chi connectivity index (χ3n) is 5.30. The minimum absolute atomic E-state index is 0.303. The molecule has 0 bridgehead atoms. The van der Waals surface area contributed by atoms with Crippen molar-refractivity contribution in [3.63, 3.8) is 0 Å². The molecule has 0 saturated heterocycles. The van der Waals surface area contributed by atoms with Crippen LogP contribution in [0.4, 0.5) is 5.00 Å². The van der Waals surface area contributed by atoms with Crippen LogP contribution >= 0.6 is 11.3 Å². The zero-order valence-electron chi connectivity index (χ0n) is 16.8. The van der Waals surface area contributed by atoms with E-state index in [1.165, 1.54) is 11.3 Å². The number of ether oxygens (including phenoxy) is 1. The van der Waals surface area contributed by atoms with Gasteiger partial charge in [-0.25, -0.2) is 0 Å². The summed E-state index contributed by atoms with van der Waals surface area (Å²) in [7, 11) is 0. The number of carbonyl (C=O) groups excluding carboxylic acids is 2. The Bertz CT molecular complexity index is 1060. The van der Waals surface area contributed by atoms with Crippen molar-refractivity contribution in [3.8, 4) is 16.9 Å². The molecule has 2 aromatic carbocycles. The molecule has 1 aromatic heterocycles. The predicted molar refractivity (Wildman–Crippen MR) is 120 cm³/mol. The molecule has 1 heterocycles. The Kier molecular flexibility index (Phi) is 5.86. The zero-order chi connectivity index (χ0) is 21.1. The summed E-state index contributed by atoms with van der Waals surface area (Å²) >= 11 is 1.45. The molecule has 0 aliphatic heterocycles. The number of primary amides is 1. The minimum atomic E-state index is -0.715. The summed E-state index contributed by atoms with van der Waals surface area (Å²) in [5, 5.41) is 3.40. The van der Waals surface area contributed by atoms with Crippen LogP contribution < -0.4 is 15.8 Å². The fourth-order valence-corrected chi connectivity index (χ4v) is 5.04. The number of anilines is 1. The van der Waals surface area contributed by atoms with Crippen molar-refractivity contribution in [2.75, 3.05) is 5.32 Å². The van der Waals surface area contributed by atoms with Crippen molar-refractivity contribution >= 4 is 28.2 Å². The normalized spacial score (nSPS) is 13.9. The molecule has 30 heavy (non-hydrogen) atoms. The van der Waals surface area contributed by atoms with E-state index in [-0.39, 0.29) is 5.91 Å². The number of aryl methyl sites for hydroxylation is 1. The van der Waals surface area contributed by atoms with Gasteiger partial charge in [-0.2, -0.15) is 0 Å². The van der Waals surface area contributed by atoms with E-state index in [0.717, 1.165) is 47.3 Å². The molecule has 2 amide bonds. The lowest BCUT2D eigenvalue weighted by atomic mass is 9.95. The minimum Gasteiger partial charge on any atom is -0.481 e. The molecule has 3 aromatic rings. The number of benzene rings is 2. The maximum absolute atomic E-state index is 12.7. The predicted octanol–water partition coefficient (Wildman–Crippen LogP) is 4.80. The van der Waals surface area contributed by atoms with Gasteiger partial charge in [-0.15, -0.1) is 11.3 Å². The lowest BCUT2D eigenvalue weighted by Gasteiger charge is -2.15. The van der Waals surface area contributed by atoms with Gasteiger partial charge in [0.05, 0.1) is 5.56 Å². The fraction of sp³-hybridized carbons (Fsp3) is 0.250. The highest BCUT2D eigenvalue weighted by molar-refractivity contribution is 7.17. The zero-order valence-corrected chi connectivity index (χ0v) is 17.6. The molecule has 0 spiro atoms. The molecule has 4 rings (SSSR count). The summed E-state index contributed by atoms with van der Waals surface area (Å²) < 4.78 is 5.82. The molecule has 0 fully saturated rings. The van der Waals surface area contributed by atoms with Gasteiger partial charge in [-0.3, -0.25) is 9.59 Å². The van der Waals surface area contributed by atoms with Gasteiger partial charge in [0.1, 0.15) is 10.8 Å². The molecular formula is C24H24N2O3S. The van der Waals surface area contributed by atoms with Crippen molar-refractivity contribution in [3.05, 3.63) is 70.6 Å². The molecule has 1 aliphatic carbocycles. The van der Waals surface area contributed by atoms with E-state index in [1.54, 1.807) is 6.92 Å². The molecule has 5 nitrogen and oxygen atoms in total. The van der Waals surface area contributed by atoms with Gasteiger partial charge in [-0.05, 0) is 61.4 Å². The molecule has 6 heteroatoms. The van der Waals surface area contributed by atoms with E-state index in [9.17, 15) is 9.59 Å². The van der Waals surface area contributed by atoms with E-state index in [1.807, 2.05) is 54.6 Å². The number of hydrogen-bond donors (Lipinski definition) is 2. The Morgan fingerprint density at radius 2 is 1.67 bits per heavy atom. The van der Waals surface area contributed by atoms with Gasteiger partial charge in [0.25, 0.3) is 11.8 Å². The molecule has 3 N–H and O–H groups in total. The Morgan fingerprint density at radius 3 is 2.37 bits per heavy atom. The fourth-order valence-electron chi connectivity index (χ4n) is 3.74. The number of rotatable bonds is 6. The van der Waals surface area contributed by atoms with Crippen LogP contribution in [0.1, 0.15) is 40.6 Å². The number of carbonyl (C=O) groups is 2. The van der Waals surface area contributed by atoms with E-state index in [4.69, 9.17) is 10.5 Å². The largest absolute Gasteiger partial charge is 0.481 e. The number of nitrogens with one attached hydrogen (secondary N) is 1.